The van der Waals surface area contributed by atoms with Crippen LogP contribution in [0, 0.1) is 10.1 Å². The van der Waals surface area contributed by atoms with Gasteiger partial charge in [0, 0.05) is 34.8 Å². The normalized spacial score (nSPS) is 14.3. The van der Waals surface area contributed by atoms with Crippen molar-refractivity contribution < 1.29 is 14.1 Å². The number of amides is 1. The molecular weight excluding hydrogens is 392 g/mol. The van der Waals surface area contributed by atoms with E-state index in [1.54, 1.807) is 36.0 Å². The van der Waals surface area contributed by atoms with Gasteiger partial charge in [-0.1, -0.05) is 0 Å². The van der Waals surface area contributed by atoms with Crippen LogP contribution in [0.25, 0.3) is 11.3 Å². The molecule has 1 amide bonds. The van der Waals surface area contributed by atoms with E-state index in [1.165, 1.54) is 12.1 Å². The first kappa shape index (κ1) is 17.5. The second-order valence-corrected chi connectivity index (χ2v) is 7.53. The molecule has 8 nitrogen and oxygen atoms in total. The average molecular weight is 406 g/mol. The van der Waals surface area contributed by atoms with Crippen LogP contribution in [0.2, 0.25) is 0 Å². The summed E-state index contributed by atoms with van der Waals surface area (Å²) in [5.74, 6) is 0.268. The van der Waals surface area contributed by atoms with Crippen molar-refractivity contribution in [3.05, 3.63) is 70.5 Å². The van der Waals surface area contributed by atoms with Crippen LogP contribution in [0.3, 0.4) is 0 Å². The van der Waals surface area contributed by atoms with Crippen LogP contribution in [-0.4, -0.2) is 29.1 Å². The van der Waals surface area contributed by atoms with Crippen molar-refractivity contribution >= 4 is 39.9 Å². The molecule has 9 heteroatoms. The number of fused-ring (bicyclic) bond motifs is 3. The van der Waals surface area contributed by atoms with E-state index >= 15 is 0 Å². The number of furan rings is 1. The van der Waals surface area contributed by atoms with Crippen LogP contribution < -0.4 is 10.2 Å². The van der Waals surface area contributed by atoms with Crippen LogP contribution in [0.15, 0.2) is 68.9 Å². The summed E-state index contributed by atoms with van der Waals surface area (Å²) in [4.78, 5) is 30.6. The number of amidine groups is 1. The van der Waals surface area contributed by atoms with Crippen molar-refractivity contribution in [3.8, 4) is 11.3 Å². The number of nitrogens with zero attached hydrogens (tertiary/aromatic N) is 3. The number of non-ortho nitro benzene ring substituents is 1. The Kier molecular flexibility index (Phi) is 4.09. The zero-order chi connectivity index (χ0) is 20.0. The van der Waals surface area contributed by atoms with Crippen LogP contribution in [0.4, 0.5) is 17.1 Å². The third-order valence-corrected chi connectivity index (χ3v) is 5.80. The number of carbonyl (C=O) groups excluding carboxylic acids is 1. The van der Waals surface area contributed by atoms with Crippen molar-refractivity contribution in [2.75, 3.05) is 23.3 Å². The van der Waals surface area contributed by atoms with Gasteiger partial charge in [-0.05, 0) is 54.2 Å². The summed E-state index contributed by atoms with van der Waals surface area (Å²) in [6.07, 6.45) is 0. The number of nitro benzene ring substituents is 1. The van der Waals surface area contributed by atoms with E-state index < -0.39 is 4.92 Å². The monoisotopic (exact) mass is 406 g/mol. The Labute approximate surface area is 169 Å². The highest BCUT2D eigenvalue weighted by Gasteiger charge is 2.29. The van der Waals surface area contributed by atoms with Gasteiger partial charge in [0.2, 0.25) is 0 Å². The van der Waals surface area contributed by atoms with Crippen LogP contribution in [0.1, 0.15) is 10.6 Å². The lowest BCUT2D eigenvalue weighted by Crippen LogP contribution is -2.21. The van der Waals surface area contributed by atoms with Crippen molar-refractivity contribution in [2.45, 2.75) is 4.90 Å². The quantitative estimate of drug-likeness (QED) is 0.509. The smallest absolute Gasteiger partial charge is 0.291 e. The molecule has 0 atom stereocenters. The number of aliphatic imine (C=N–C) groups is 1. The van der Waals surface area contributed by atoms with Gasteiger partial charge < -0.3 is 14.6 Å². The van der Waals surface area contributed by atoms with Crippen molar-refractivity contribution in [1.82, 2.24) is 0 Å². The van der Waals surface area contributed by atoms with Gasteiger partial charge >= 0.3 is 0 Å². The predicted octanol–water partition coefficient (Wildman–Crippen LogP) is 4.39. The summed E-state index contributed by atoms with van der Waals surface area (Å²) < 4.78 is 5.65. The summed E-state index contributed by atoms with van der Waals surface area (Å²) in [5.41, 5.74) is 2.38. The van der Waals surface area contributed by atoms with Crippen molar-refractivity contribution in [3.63, 3.8) is 0 Å². The molecule has 5 rings (SSSR count). The predicted molar refractivity (Wildman–Crippen MR) is 111 cm³/mol. The van der Waals surface area contributed by atoms with Gasteiger partial charge in [0.05, 0.1) is 17.2 Å². The highest BCUT2D eigenvalue weighted by Crippen LogP contribution is 2.43. The van der Waals surface area contributed by atoms with E-state index in [0.29, 0.717) is 17.0 Å². The number of hydrogen-bond acceptors (Lipinski definition) is 7. The zero-order valence-electron chi connectivity index (χ0n) is 15.0. The first-order valence-corrected chi connectivity index (χ1v) is 9.70. The molecule has 1 N–H and O–H groups in total. The number of anilines is 2. The second-order valence-electron chi connectivity index (χ2n) is 6.52. The summed E-state index contributed by atoms with van der Waals surface area (Å²) in [5, 5.41) is 14.6. The lowest BCUT2D eigenvalue weighted by atomic mass is 10.1. The van der Waals surface area contributed by atoms with Crippen LogP contribution in [-0.2, 0) is 0 Å². The van der Waals surface area contributed by atoms with E-state index in [1.807, 2.05) is 18.2 Å². The molecule has 29 heavy (non-hydrogen) atoms. The van der Waals surface area contributed by atoms with Crippen molar-refractivity contribution in [2.24, 2.45) is 4.99 Å². The van der Waals surface area contributed by atoms with Gasteiger partial charge in [-0.2, -0.15) is 0 Å². The standard InChI is InChI=1S/C20H14N4O4S/c25-19(17-7-6-16(28-17)12-1-4-14(5-2-12)24(26)27)22-13-3-8-18-15(11-13)23-10-9-21-20(23)29-18/h1-8,11H,9-10H2,(H,22,25). The molecule has 144 valence electrons. The average Bonchev–Trinajstić information content (AvgIpc) is 3.44. The molecule has 0 spiro atoms. The molecule has 0 aliphatic carbocycles. The number of nitro groups is 1. The maximum absolute atomic E-state index is 12.6. The number of thioether (sulfide) groups is 1. The highest BCUT2D eigenvalue weighted by molar-refractivity contribution is 8.14. The Morgan fingerprint density at radius 3 is 2.79 bits per heavy atom. The maximum atomic E-state index is 12.6. The van der Waals surface area contributed by atoms with E-state index in [0.717, 1.165) is 28.8 Å². The Hall–Kier alpha value is -3.59. The van der Waals surface area contributed by atoms with E-state index in [-0.39, 0.29) is 17.4 Å². The molecule has 3 heterocycles. The van der Waals surface area contributed by atoms with E-state index in [4.69, 9.17) is 4.42 Å². The van der Waals surface area contributed by atoms with Gasteiger partial charge in [0.25, 0.3) is 11.6 Å². The number of carbonyl (C=O) groups is 1. The van der Waals surface area contributed by atoms with Gasteiger partial charge in [0.1, 0.15) is 5.76 Å². The van der Waals surface area contributed by atoms with E-state index in [9.17, 15) is 14.9 Å². The zero-order valence-corrected chi connectivity index (χ0v) is 15.8. The number of nitrogens with one attached hydrogen (secondary N) is 1. The topological polar surface area (TPSA) is 101 Å². The first-order valence-electron chi connectivity index (χ1n) is 8.88. The van der Waals surface area contributed by atoms with Crippen molar-refractivity contribution in [1.29, 1.82) is 0 Å². The Bertz CT molecular complexity index is 1170. The second kappa shape index (κ2) is 6.78. The summed E-state index contributed by atoms with van der Waals surface area (Å²) >= 11 is 1.64. The fraction of sp³-hybridized carbons (Fsp3) is 0.100. The SMILES string of the molecule is O=C(Nc1ccc2c(c1)N1CCN=C1S2)c1ccc(-c2ccc([N+](=O)[O-])cc2)o1. The van der Waals surface area contributed by atoms with Crippen LogP contribution >= 0.6 is 11.8 Å². The van der Waals surface area contributed by atoms with Gasteiger partial charge in [-0.25, -0.2) is 0 Å². The lowest BCUT2D eigenvalue weighted by Gasteiger charge is -2.13. The molecule has 0 unspecified atom stereocenters. The number of benzene rings is 2. The Morgan fingerprint density at radius 2 is 2.00 bits per heavy atom. The van der Waals surface area contributed by atoms with Gasteiger partial charge in [-0.3, -0.25) is 19.9 Å². The molecule has 0 fully saturated rings. The summed E-state index contributed by atoms with van der Waals surface area (Å²) in [6.45, 7) is 1.64. The third-order valence-electron chi connectivity index (χ3n) is 4.70. The maximum Gasteiger partial charge on any atom is 0.291 e. The van der Waals surface area contributed by atoms with Gasteiger partial charge in [-0.15, -0.1) is 0 Å². The molecule has 2 aliphatic heterocycles. The Morgan fingerprint density at radius 1 is 1.17 bits per heavy atom. The third kappa shape index (κ3) is 3.15. The van der Waals surface area contributed by atoms with E-state index in [2.05, 4.69) is 15.2 Å². The number of hydrogen-bond donors (Lipinski definition) is 1. The molecule has 2 aliphatic rings. The fourth-order valence-electron chi connectivity index (χ4n) is 3.28. The molecule has 1 aromatic heterocycles. The molecule has 0 saturated heterocycles. The molecule has 2 aromatic carbocycles. The molecule has 0 bridgehead atoms. The fourth-order valence-corrected chi connectivity index (χ4v) is 4.35. The first-order chi connectivity index (χ1) is 14.1. The summed E-state index contributed by atoms with van der Waals surface area (Å²) in [6, 6.07) is 15.0. The minimum Gasteiger partial charge on any atom is -0.451 e. The lowest BCUT2D eigenvalue weighted by molar-refractivity contribution is -0.384. The largest absolute Gasteiger partial charge is 0.451 e. The highest BCUT2D eigenvalue weighted by atomic mass is 32.2. The molecule has 0 radical (unpaired) electrons. The molecule has 0 saturated carbocycles. The number of rotatable bonds is 4. The minimum absolute atomic E-state index is 0.000694. The minimum atomic E-state index is -0.461. The molecular formula is C20H14N4O4S. The van der Waals surface area contributed by atoms with Crippen LogP contribution in [0.5, 0.6) is 0 Å². The summed E-state index contributed by atoms with van der Waals surface area (Å²) in [7, 11) is 0. The van der Waals surface area contributed by atoms with Gasteiger partial charge in [0.15, 0.2) is 10.9 Å². The molecule has 3 aromatic rings. The Balaban J connectivity index is 1.33.